The van der Waals surface area contributed by atoms with E-state index in [1.165, 1.54) is 11.1 Å². The maximum atomic E-state index is 12.0. The lowest BCUT2D eigenvalue weighted by molar-refractivity contribution is 0.249. The van der Waals surface area contributed by atoms with Gasteiger partial charge in [-0.15, -0.1) is 0 Å². The molecular formula is C18H26N4O. The second-order valence-corrected chi connectivity index (χ2v) is 6.10. The van der Waals surface area contributed by atoms with E-state index in [0.29, 0.717) is 6.54 Å². The molecular weight excluding hydrogens is 288 g/mol. The zero-order chi connectivity index (χ0) is 17.0. The average Bonchev–Trinajstić information content (AvgIpc) is 2.74. The van der Waals surface area contributed by atoms with E-state index < -0.39 is 0 Å². The van der Waals surface area contributed by atoms with Crippen LogP contribution in [0.25, 0.3) is 0 Å². The molecule has 124 valence electrons. The fourth-order valence-electron chi connectivity index (χ4n) is 2.49. The van der Waals surface area contributed by atoms with Gasteiger partial charge in [0.05, 0.1) is 23.6 Å². The molecule has 0 aliphatic carbocycles. The highest BCUT2D eigenvalue weighted by Crippen LogP contribution is 2.20. The first-order valence-corrected chi connectivity index (χ1v) is 8.07. The van der Waals surface area contributed by atoms with E-state index in [4.69, 9.17) is 0 Å². The third kappa shape index (κ3) is 4.34. The van der Waals surface area contributed by atoms with Crippen LogP contribution in [0.15, 0.2) is 24.3 Å². The van der Waals surface area contributed by atoms with Gasteiger partial charge < -0.3 is 10.6 Å². The molecule has 2 aromatic rings. The highest BCUT2D eigenvalue weighted by molar-refractivity contribution is 5.90. The second kappa shape index (κ2) is 7.31. The largest absolute Gasteiger partial charge is 0.335 e. The minimum atomic E-state index is -0.180. The van der Waals surface area contributed by atoms with Crippen molar-refractivity contribution < 1.29 is 4.79 Å². The Morgan fingerprint density at radius 1 is 1.30 bits per heavy atom. The van der Waals surface area contributed by atoms with Gasteiger partial charge in [0, 0.05) is 6.04 Å². The van der Waals surface area contributed by atoms with Crippen LogP contribution in [0.2, 0.25) is 0 Å². The van der Waals surface area contributed by atoms with E-state index in [0.717, 1.165) is 23.5 Å². The fourth-order valence-corrected chi connectivity index (χ4v) is 2.49. The van der Waals surface area contributed by atoms with Crippen molar-refractivity contribution >= 4 is 11.7 Å². The van der Waals surface area contributed by atoms with Crippen LogP contribution in [0.4, 0.5) is 10.5 Å². The number of amides is 2. The van der Waals surface area contributed by atoms with Crippen LogP contribution in [0.3, 0.4) is 0 Å². The average molecular weight is 314 g/mol. The van der Waals surface area contributed by atoms with Gasteiger partial charge in [0.1, 0.15) is 0 Å². The first kappa shape index (κ1) is 17.1. The molecule has 0 saturated heterocycles. The van der Waals surface area contributed by atoms with Crippen LogP contribution in [0.5, 0.6) is 0 Å². The van der Waals surface area contributed by atoms with E-state index in [1.807, 2.05) is 32.4 Å². The van der Waals surface area contributed by atoms with Crippen molar-refractivity contribution in [2.75, 3.05) is 5.32 Å². The minimum absolute atomic E-state index is 0.151. The quantitative estimate of drug-likeness (QED) is 0.882. The summed E-state index contributed by atoms with van der Waals surface area (Å²) in [6.45, 7) is 10.7. The Kier molecular flexibility index (Phi) is 5.42. The van der Waals surface area contributed by atoms with Gasteiger partial charge in [0.25, 0.3) is 0 Å². The minimum Gasteiger partial charge on any atom is -0.335 e. The standard InChI is InChI=1S/C18H26N4O/c1-6-13(3)19-18(23)20-17-14(4)21-22(15(17)5)11-16-9-7-8-12(2)10-16/h7-10,13H,6,11H2,1-5H3,(H2,19,20,23). The molecule has 5 heteroatoms. The molecule has 1 aromatic heterocycles. The molecule has 0 saturated carbocycles. The molecule has 1 atom stereocenters. The van der Waals surface area contributed by atoms with Gasteiger partial charge in [0.2, 0.25) is 0 Å². The number of carbonyl (C=O) groups is 1. The van der Waals surface area contributed by atoms with Gasteiger partial charge in [-0.05, 0) is 39.7 Å². The third-order valence-electron chi connectivity index (χ3n) is 4.02. The number of nitrogens with zero attached hydrogens (tertiary/aromatic N) is 2. The van der Waals surface area contributed by atoms with Crippen molar-refractivity contribution in [2.45, 2.75) is 53.6 Å². The van der Waals surface area contributed by atoms with Crippen molar-refractivity contribution in [3.63, 3.8) is 0 Å². The summed E-state index contributed by atoms with van der Waals surface area (Å²) in [5.41, 5.74) is 5.01. The van der Waals surface area contributed by atoms with Gasteiger partial charge in [-0.1, -0.05) is 36.8 Å². The van der Waals surface area contributed by atoms with Crippen LogP contribution in [-0.4, -0.2) is 21.9 Å². The topological polar surface area (TPSA) is 59.0 Å². The lowest BCUT2D eigenvalue weighted by Crippen LogP contribution is -2.35. The van der Waals surface area contributed by atoms with Crippen LogP contribution in [-0.2, 0) is 6.54 Å². The first-order chi connectivity index (χ1) is 10.9. The van der Waals surface area contributed by atoms with Crippen molar-refractivity contribution in [2.24, 2.45) is 0 Å². The van der Waals surface area contributed by atoms with E-state index >= 15 is 0 Å². The highest BCUT2D eigenvalue weighted by Gasteiger charge is 2.15. The van der Waals surface area contributed by atoms with E-state index in [2.05, 4.69) is 46.9 Å². The summed E-state index contributed by atoms with van der Waals surface area (Å²) in [6, 6.07) is 8.34. The van der Waals surface area contributed by atoms with Crippen molar-refractivity contribution in [3.8, 4) is 0 Å². The van der Waals surface area contributed by atoms with Gasteiger partial charge in [-0.25, -0.2) is 4.79 Å². The van der Waals surface area contributed by atoms with Gasteiger partial charge in [0.15, 0.2) is 0 Å². The lowest BCUT2D eigenvalue weighted by atomic mass is 10.1. The predicted octanol–water partition coefficient (Wildman–Crippen LogP) is 3.78. The summed E-state index contributed by atoms with van der Waals surface area (Å²) in [4.78, 5) is 12.0. The van der Waals surface area contributed by atoms with Gasteiger partial charge in [-0.3, -0.25) is 4.68 Å². The zero-order valence-corrected chi connectivity index (χ0v) is 14.6. The molecule has 0 radical (unpaired) electrons. The lowest BCUT2D eigenvalue weighted by Gasteiger charge is -2.13. The normalized spacial score (nSPS) is 12.0. The Morgan fingerprint density at radius 3 is 2.70 bits per heavy atom. The van der Waals surface area contributed by atoms with Crippen molar-refractivity contribution in [1.82, 2.24) is 15.1 Å². The molecule has 1 heterocycles. The molecule has 1 aromatic carbocycles. The van der Waals surface area contributed by atoms with Crippen LogP contribution < -0.4 is 10.6 Å². The molecule has 23 heavy (non-hydrogen) atoms. The number of nitrogens with one attached hydrogen (secondary N) is 2. The summed E-state index contributed by atoms with van der Waals surface area (Å²) in [7, 11) is 0. The summed E-state index contributed by atoms with van der Waals surface area (Å²) in [5, 5.41) is 10.4. The molecule has 2 rings (SSSR count). The summed E-state index contributed by atoms with van der Waals surface area (Å²) in [5.74, 6) is 0. The summed E-state index contributed by atoms with van der Waals surface area (Å²) >= 11 is 0. The Morgan fingerprint density at radius 2 is 2.04 bits per heavy atom. The Balaban J connectivity index is 2.14. The molecule has 0 aliphatic rings. The van der Waals surface area contributed by atoms with Crippen molar-refractivity contribution in [1.29, 1.82) is 0 Å². The number of anilines is 1. The molecule has 0 bridgehead atoms. The SMILES string of the molecule is CCC(C)NC(=O)Nc1c(C)nn(Cc2cccc(C)c2)c1C. The Bertz CT molecular complexity index is 690. The number of rotatable bonds is 5. The Hall–Kier alpha value is -2.30. The first-order valence-electron chi connectivity index (χ1n) is 8.07. The number of carbonyl (C=O) groups excluding carboxylic acids is 1. The molecule has 2 N–H and O–H groups in total. The maximum Gasteiger partial charge on any atom is 0.319 e. The summed E-state index contributed by atoms with van der Waals surface area (Å²) < 4.78 is 1.93. The number of urea groups is 1. The van der Waals surface area contributed by atoms with E-state index in [9.17, 15) is 4.79 Å². The molecule has 2 amide bonds. The van der Waals surface area contributed by atoms with Crippen LogP contribution in [0, 0.1) is 20.8 Å². The second-order valence-electron chi connectivity index (χ2n) is 6.10. The smallest absolute Gasteiger partial charge is 0.319 e. The van der Waals surface area contributed by atoms with Crippen molar-refractivity contribution in [3.05, 3.63) is 46.8 Å². The number of aryl methyl sites for hydroxylation is 2. The maximum absolute atomic E-state index is 12.0. The molecule has 0 spiro atoms. The summed E-state index contributed by atoms with van der Waals surface area (Å²) in [6.07, 6.45) is 0.901. The predicted molar refractivity (Wildman–Crippen MR) is 93.9 cm³/mol. The Labute approximate surface area is 138 Å². The number of hydrogen-bond donors (Lipinski definition) is 2. The van der Waals surface area contributed by atoms with Gasteiger partial charge >= 0.3 is 6.03 Å². The zero-order valence-electron chi connectivity index (χ0n) is 14.6. The number of hydrogen-bond acceptors (Lipinski definition) is 2. The molecule has 0 aliphatic heterocycles. The van der Waals surface area contributed by atoms with Crippen LogP contribution in [0.1, 0.15) is 42.8 Å². The van der Waals surface area contributed by atoms with E-state index in [1.54, 1.807) is 0 Å². The molecule has 5 nitrogen and oxygen atoms in total. The van der Waals surface area contributed by atoms with Crippen LogP contribution >= 0.6 is 0 Å². The monoisotopic (exact) mass is 314 g/mol. The third-order valence-corrected chi connectivity index (χ3v) is 4.02. The number of benzene rings is 1. The van der Waals surface area contributed by atoms with Gasteiger partial charge in [-0.2, -0.15) is 5.10 Å². The molecule has 1 unspecified atom stereocenters. The number of aromatic nitrogens is 2. The highest BCUT2D eigenvalue weighted by atomic mass is 16.2. The van der Waals surface area contributed by atoms with E-state index in [-0.39, 0.29) is 12.1 Å². The molecule has 0 fully saturated rings. The fraction of sp³-hybridized carbons (Fsp3) is 0.444.